The summed E-state index contributed by atoms with van der Waals surface area (Å²) in [5.74, 6) is 0.366. The molecule has 3 aromatic rings. The quantitative estimate of drug-likeness (QED) is 0.678. The van der Waals surface area contributed by atoms with Crippen LogP contribution in [0.5, 0.6) is 0 Å². The first-order valence-corrected chi connectivity index (χ1v) is 7.50. The Balaban J connectivity index is 2.39. The SMILES string of the molecule is CC(C)n1c(-c2cccc(Br)c2N)nc2c(F)cccc21. The number of nitrogens with zero attached hydrogens (tertiary/aromatic N) is 2. The first kappa shape index (κ1) is 14.1. The fourth-order valence-corrected chi connectivity index (χ4v) is 2.89. The van der Waals surface area contributed by atoms with Crippen molar-refractivity contribution in [2.45, 2.75) is 19.9 Å². The Hall–Kier alpha value is -1.88. The average molecular weight is 348 g/mol. The van der Waals surface area contributed by atoms with Crippen molar-refractivity contribution in [1.82, 2.24) is 9.55 Å². The fraction of sp³-hybridized carbons (Fsp3) is 0.188. The maximum Gasteiger partial charge on any atom is 0.151 e. The molecule has 2 N–H and O–H groups in total. The van der Waals surface area contributed by atoms with Gasteiger partial charge in [-0.25, -0.2) is 9.37 Å². The summed E-state index contributed by atoms with van der Waals surface area (Å²) in [6.45, 7) is 4.09. The van der Waals surface area contributed by atoms with Crippen LogP contribution in [-0.4, -0.2) is 9.55 Å². The molecule has 0 spiro atoms. The van der Waals surface area contributed by atoms with Gasteiger partial charge >= 0.3 is 0 Å². The number of anilines is 1. The highest BCUT2D eigenvalue weighted by atomic mass is 79.9. The minimum Gasteiger partial charge on any atom is -0.397 e. The summed E-state index contributed by atoms with van der Waals surface area (Å²) in [6.07, 6.45) is 0. The largest absolute Gasteiger partial charge is 0.397 e. The van der Waals surface area contributed by atoms with Crippen LogP contribution in [0.25, 0.3) is 22.4 Å². The molecule has 0 unspecified atom stereocenters. The summed E-state index contributed by atoms with van der Waals surface area (Å²) in [7, 11) is 0. The van der Waals surface area contributed by atoms with E-state index in [9.17, 15) is 4.39 Å². The van der Waals surface area contributed by atoms with E-state index in [1.807, 2.05) is 42.7 Å². The minimum absolute atomic E-state index is 0.144. The summed E-state index contributed by atoms with van der Waals surface area (Å²) in [4.78, 5) is 4.49. The first-order valence-electron chi connectivity index (χ1n) is 6.71. The van der Waals surface area contributed by atoms with Gasteiger partial charge in [0.1, 0.15) is 11.3 Å². The van der Waals surface area contributed by atoms with E-state index >= 15 is 0 Å². The number of imidazole rings is 1. The highest BCUT2D eigenvalue weighted by Gasteiger charge is 2.19. The van der Waals surface area contributed by atoms with Crippen molar-refractivity contribution in [3.63, 3.8) is 0 Å². The van der Waals surface area contributed by atoms with Gasteiger partial charge in [-0.2, -0.15) is 0 Å². The van der Waals surface area contributed by atoms with Crippen LogP contribution in [0.1, 0.15) is 19.9 Å². The number of nitrogen functional groups attached to an aromatic ring is 1. The van der Waals surface area contributed by atoms with Crippen molar-refractivity contribution in [2.75, 3.05) is 5.73 Å². The Labute approximate surface area is 130 Å². The van der Waals surface area contributed by atoms with Gasteiger partial charge < -0.3 is 10.3 Å². The molecule has 0 fully saturated rings. The Kier molecular flexibility index (Phi) is 3.45. The van der Waals surface area contributed by atoms with Gasteiger partial charge in [0.25, 0.3) is 0 Å². The zero-order chi connectivity index (χ0) is 15.1. The van der Waals surface area contributed by atoms with E-state index in [2.05, 4.69) is 20.9 Å². The number of benzene rings is 2. The van der Waals surface area contributed by atoms with E-state index in [0.717, 1.165) is 15.6 Å². The van der Waals surface area contributed by atoms with Crippen LogP contribution in [0.2, 0.25) is 0 Å². The number of nitrogens with two attached hydrogens (primary N) is 1. The number of aromatic nitrogens is 2. The van der Waals surface area contributed by atoms with Crippen LogP contribution in [0, 0.1) is 5.82 Å². The molecule has 0 aliphatic heterocycles. The van der Waals surface area contributed by atoms with Gasteiger partial charge in [0.05, 0.1) is 11.2 Å². The molecule has 0 atom stereocenters. The Morgan fingerprint density at radius 3 is 2.62 bits per heavy atom. The second kappa shape index (κ2) is 5.15. The number of para-hydroxylation sites is 2. The van der Waals surface area contributed by atoms with Gasteiger partial charge in [0, 0.05) is 16.1 Å². The molecule has 0 saturated carbocycles. The molecule has 0 saturated heterocycles. The molecule has 3 rings (SSSR count). The summed E-state index contributed by atoms with van der Waals surface area (Å²) in [5, 5.41) is 0. The highest BCUT2D eigenvalue weighted by molar-refractivity contribution is 9.10. The highest BCUT2D eigenvalue weighted by Crippen LogP contribution is 2.35. The third-order valence-corrected chi connectivity index (χ3v) is 4.17. The van der Waals surface area contributed by atoms with Gasteiger partial charge in [-0.05, 0) is 54.0 Å². The number of rotatable bonds is 2. The zero-order valence-electron chi connectivity index (χ0n) is 11.8. The molecule has 3 nitrogen and oxygen atoms in total. The Bertz CT molecular complexity index is 824. The zero-order valence-corrected chi connectivity index (χ0v) is 13.4. The van der Waals surface area contributed by atoms with Crippen molar-refractivity contribution in [3.8, 4) is 11.4 Å². The minimum atomic E-state index is -0.318. The van der Waals surface area contributed by atoms with Crippen LogP contribution in [0.4, 0.5) is 10.1 Å². The molecule has 2 aromatic carbocycles. The molecule has 1 aromatic heterocycles. The molecule has 21 heavy (non-hydrogen) atoms. The van der Waals surface area contributed by atoms with E-state index in [0.29, 0.717) is 17.0 Å². The van der Waals surface area contributed by atoms with E-state index in [1.165, 1.54) is 6.07 Å². The van der Waals surface area contributed by atoms with E-state index < -0.39 is 0 Å². The number of fused-ring (bicyclic) bond motifs is 1. The lowest BCUT2D eigenvalue weighted by molar-refractivity contribution is 0.623. The molecule has 1 heterocycles. The van der Waals surface area contributed by atoms with Crippen LogP contribution < -0.4 is 5.73 Å². The standard InChI is InChI=1S/C16H15BrFN3/c1-9(2)21-13-8-4-7-12(18)15(13)20-16(21)10-5-3-6-11(17)14(10)19/h3-9H,19H2,1-2H3. The second-order valence-electron chi connectivity index (χ2n) is 5.21. The summed E-state index contributed by atoms with van der Waals surface area (Å²) < 4.78 is 16.8. The molecule has 0 aliphatic carbocycles. The second-order valence-corrected chi connectivity index (χ2v) is 6.06. The van der Waals surface area contributed by atoms with Crippen molar-refractivity contribution in [2.24, 2.45) is 0 Å². The van der Waals surface area contributed by atoms with Crippen molar-refractivity contribution in [3.05, 3.63) is 46.7 Å². The van der Waals surface area contributed by atoms with E-state index in [4.69, 9.17) is 5.73 Å². The third-order valence-electron chi connectivity index (χ3n) is 3.48. The van der Waals surface area contributed by atoms with E-state index in [-0.39, 0.29) is 11.9 Å². The van der Waals surface area contributed by atoms with E-state index in [1.54, 1.807) is 6.07 Å². The lowest BCUT2D eigenvalue weighted by Crippen LogP contribution is -2.04. The molecule has 0 bridgehead atoms. The molecule has 0 amide bonds. The summed E-state index contributed by atoms with van der Waals surface area (Å²) in [5.41, 5.74) is 8.71. The lowest BCUT2D eigenvalue weighted by Gasteiger charge is -2.14. The Morgan fingerprint density at radius 2 is 1.90 bits per heavy atom. The van der Waals surface area contributed by atoms with Crippen LogP contribution >= 0.6 is 15.9 Å². The lowest BCUT2D eigenvalue weighted by atomic mass is 10.1. The molecule has 5 heteroatoms. The van der Waals surface area contributed by atoms with Gasteiger partial charge in [0.15, 0.2) is 5.82 Å². The maximum atomic E-state index is 14.0. The normalized spacial score (nSPS) is 11.5. The Morgan fingerprint density at radius 1 is 1.19 bits per heavy atom. The topological polar surface area (TPSA) is 43.8 Å². The molecular weight excluding hydrogens is 333 g/mol. The molecule has 108 valence electrons. The molecular formula is C16H15BrFN3. The maximum absolute atomic E-state index is 14.0. The predicted octanol–water partition coefficient (Wildman–Crippen LogP) is 4.77. The van der Waals surface area contributed by atoms with Crippen LogP contribution in [0.15, 0.2) is 40.9 Å². The van der Waals surface area contributed by atoms with Gasteiger partial charge in [-0.1, -0.05) is 12.1 Å². The predicted molar refractivity (Wildman–Crippen MR) is 87.6 cm³/mol. The van der Waals surface area contributed by atoms with Crippen LogP contribution in [-0.2, 0) is 0 Å². The summed E-state index contributed by atoms with van der Waals surface area (Å²) in [6, 6.07) is 10.8. The molecule has 0 aliphatic rings. The number of halogens is 2. The third kappa shape index (κ3) is 2.21. The van der Waals surface area contributed by atoms with Gasteiger partial charge in [0.2, 0.25) is 0 Å². The number of hydrogen-bond donors (Lipinski definition) is 1. The summed E-state index contributed by atoms with van der Waals surface area (Å²) >= 11 is 3.43. The number of hydrogen-bond acceptors (Lipinski definition) is 2. The van der Waals surface area contributed by atoms with Crippen molar-refractivity contribution >= 4 is 32.7 Å². The average Bonchev–Trinajstić information content (AvgIpc) is 2.82. The van der Waals surface area contributed by atoms with Crippen molar-refractivity contribution < 1.29 is 4.39 Å². The fourth-order valence-electron chi connectivity index (χ4n) is 2.53. The van der Waals surface area contributed by atoms with Gasteiger partial charge in [-0.3, -0.25) is 0 Å². The van der Waals surface area contributed by atoms with Gasteiger partial charge in [-0.15, -0.1) is 0 Å². The van der Waals surface area contributed by atoms with Crippen molar-refractivity contribution in [1.29, 1.82) is 0 Å². The molecule has 0 radical (unpaired) electrons. The first-order chi connectivity index (χ1) is 10.0. The smallest absolute Gasteiger partial charge is 0.151 e. The van der Waals surface area contributed by atoms with Crippen LogP contribution in [0.3, 0.4) is 0 Å². The monoisotopic (exact) mass is 347 g/mol.